The fraction of sp³-hybridized carbons (Fsp3) is 0.0667. The molecule has 0 aliphatic carbocycles. The summed E-state index contributed by atoms with van der Waals surface area (Å²) in [5.41, 5.74) is 2.83. The van der Waals surface area contributed by atoms with Crippen LogP contribution < -0.4 is 10.3 Å². The number of aromatic nitrogens is 6. The maximum absolute atomic E-state index is 11.5. The molecule has 0 aromatic carbocycles. The summed E-state index contributed by atoms with van der Waals surface area (Å²) >= 11 is 0. The minimum atomic E-state index is -0.192. The van der Waals surface area contributed by atoms with E-state index in [2.05, 4.69) is 20.2 Å². The molecule has 4 rings (SSSR count). The van der Waals surface area contributed by atoms with E-state index < -0.39 is 0 Å². The largest absolute Gasteiger partial charge is 0.494 e. The summed E-state index contributed by atoms with van der Waals surface area (Å²) in [5, 5.41) is 8.56. The number of nitrogens with one attached hydrogen (secondary N) is 1. The van der Waals surface area contributed by atoms with Crippen molar-refractivity contribution in [2.45, 2.75) is 0 Å². The molecule has 0 saturated carbocycles. The Hall–Kier alpha value is -3.42. The Balaban J connectivity index is 1.84. The van der Waals surface area contributed by atoms with E-state index in [4.69, 9.17) is 4.74 Å². The number of nitrogens with zero attached hydrogens (tertiary/aromatic N) is 5. The van der Waals surface area contributed by atoms with Crippen molar-refractivity contribution < 1.29 is 4.74 Å². The molecular formula is C15H12N6O2. The van der Waals surface area contributed by atoms with Gasteiger partial charge in [-0.2, -0.15) is 10.2 Å². The van der Waals surface area contributed by atoms with Crippen LogP contribution >= 0.6 is 0 Å². The van der Waals surface area contributed by atoms with Crippen LogP contribution in [0, 0.1) is 0 Å². The van der Waals surface area contributed by atoms with Gasteiger partial charge >= 0.3 is 0 Å². The van der Waals surface area contributed by atoms with E-state index in [-0.39, 0.29) is 5.56 Å². The van der Waals surface area contributed by atoms with Gasteiger partial charge in [-0.1, -0.05) is 0 Å². The van der Waals surface area contributed by atoms with Gasteiger partial charge in [0.2, 0.25) is 0 Å². The van der Waals surface area contributed by atoms with Crippen LogP contribution in [0.15, 0.2) is 54.1 Å². The summed E-state index contributed by atoms with van der Waals surface area (Å²) in [5.74, 6) is 0.667. The predicted octanol–water partition coefficient (Wildman–Crippen LogP) is 1.28. The smallest absolute Gasteiger partial charge is 0.251 e. The Morgan fingerprint density at radius 3 is 2.96 bits per heavy atom. The van der Waals surface area contributed by atoms with Crippen molar-refractivity contribution in [3.05, 3.63) is 59.7 Å². The van der Waals surface area contributed by atoms with Crippen LogP contribution in [-0.2, 0) is 0 Å². The molecular weight excluding hydrogens is 296 g/mol. The molecule has 0 fully saturated rings. The predicted molar refractivity (Wildman–Crippen MR) is 82.7 cm³/mol. The highest BCUT2D eigenvalue weighted by atomic mass is 16.5. The topological polar surface area (TPSA) is 90.1 Å². The van der Waals surface area contributed by atoms with E-state index in [0.717, 1.165) is 11.1 Å². The molecule has 23 heavy (non-hydrogen) atoms. The van der Waals surface area contributed by atoms with Gasteiger partial charge < -0.3 is 9.72 Å². The van der Waals surface area contributed by atoms with Crippen molar-refractivity contribution in [1.82, 2.24) is 29.4 Å². The standard InChI is InChI=1S/C15H12N6O2/c1-23-13-8-16-4-2-11(13)10-6-17-21(9-10)12-7-18-20-5-3-14(22)19-15(12)20/h2-9H,1H3,(H,19,22). The summed E-state index contributed by atoms with van der Waals surface area (Å²) in [6, 6.07) is 3.28. The Bertz CT molecular complexity index is 1050. The van der Waals surface area contributed by atoms with E-state index in [0.29, 0.717) is 17.1 Å². The second-order valence-corrected chi connectivity index (χ2v) is 4.88. The van der Waals surface area contributed by atoms with Gasteiger partial charge in [-0.05, 0) is 6.07 Å². The molecule has 8 heteroatoms. The highest BCUT2D eigenvalue weighted by molar-refractivity contribution is 5.69. The van der Waals surface area contributed by atoms with Gasteiger partial charge in [0.05, 0.1) is 25.7 Å². The SMILES string of the molecule is COc1cnccc1-c1cnn(-c2cnn3ccc(=O)[nH]c23)c1. The number of pyridine rings is 1. The lowest BCUT2D eigenvalue weighted by Gasteiger charge is -2.04. The number of hydrogen-bond donors (Lipinski definition) is 1. The molecule has 0 amide bonds. The minimum absolute atomic E-state index is 0.192. The summed E-state index contributed by atoms with van der Waals surface area (Å²) in [6.07, 6.45) is 10.2. The molecule has 4 aromatic heterocycles. The zero-order valence-corrected chi connectivity index (χ0v) is 12.2. The van der Waals surface area contributed by atoms with Gasteiger partial charge in [0, 0.05) is 35.8 Å². The fourth-order valence-electron chi connectivity index (χ4n) is 2.43. The van der Waals surface area contributed by atoms with E-state index in [1.165, 1.54) is 6.07 Å². The lowest BCUT2D eigenvalue weighted by atomic mass is 10.1. The fourth-order valence-corrected chi connectivity index (χ4v) is 2.43. The Morgan fingerprint density at radius 2 is 2.09 bits per heavy atom. The third-order valence-electron chi connectivity index (χ3n) is 3.53. The highest BCUT2D eigenvalue weighted by Gasteiger charge is 2.12. The number of H-pyrrole nitrogens is 1. The number of fused-ring (bicyclic) bond motifs is 1. The first-order chi connectivity index (χ1) is 11.3. The van der Waals surface area contributed by atoms with E-state index >= 15 is 0 Å². The number of ether oxygens (including phenoxy) is 1. The molecule has 0 aliphatic rings. The number of methoxy groups -OCH3 is 1. The molecule has 114 valence electrons. The zero-order valence-electron chi connectivity index (χ0n) is 12.2. The van der Waals surface area contributed by atoms with Crippen molar-refractivity contribution in [1.29, 1.82) is 0 Å². The van der Waals surface area contributed by atoms with E-state index in [1.54, 1.807) is 47.3 Å². The number of aromatic amines is 1. The molecule has 4 heterocycles. The third-order valence-corrected chi connectivity index (χ3v) is 3.53. The van der Waals surface area contributed by atoms with Gasteiger partial charge in [0.1, 0.15) is 11.4 Å². The maximum Gasteiger partial charge on any atom is 0.251 e. The second kappa shape index (κ2) is 5.09. The molecule has 0 aliphatic heterocycles. The Kier molecular flexibility index (Phi) is 2.94. The first kappa shape index (κ1) is 13.3. The molecule has 0 spiro atoms. The first-order valence-corrected chi connectivity index (χ1v) is 6.86. The van der Waals surface area contributed by atoms with Crippen molar-refractivity contribution in [2.75, 3.05) is 7.11 Å². The average Bonchev–Trinajstić information content (AvgIpc) is 3.21. The second-order valence-electron chi connectivity index (χ2n) is 4.88. The van der Waals surface area contributed by atoms with Crippen molar-refractivity contribution in [3.8, 4) is 22.6 Å². The van der Waals surface area contributed by atoms with Gasteiger partial charge in [-0.15, -0.1) is 0 Å². The summed E-state index contributed by atoms with van der Waals surface area (Å²) < 4.78 is 8.57. The van der Waals surface area contributed by atoms with Crippen LogP contribution in [0.5, 0.6) is 5.75 Å². The van der Waals surface area contributed by atoms with E-state index in [1.807, 2.05) is 12.3 Å². The lowest BCUT2D eigenvalue weighted by Crippen LogP contribution is -2.07. The summed E-state index contributed by atoms with van der Waals surface area (Å²) in [6.45, 7) is 0. The molecule has 1 N–H and O–H groups in total. The molecule has 8 nitrogen and oxygen atoms in total. The van der Waals surface area contributed by atoms with Crippen molar-refractivity contribution in [3.63, 3.8) is 0 Å². The molecule has 0 saturated heterocycles. The summed E-state index contributed by atoms with van der Waals surface area (Å²) in [7, 11) is 1.60. The van der Waals surface area contributed by atoms with Crippen LogP contribution in [0.25, 0.3) is 22.5 Å². The van der Waals surface area contributed by atoms with Crippen LogP contribution in [0.3, 0.4) is 0 Å². The summed E-state index contributed by atoms with van der Waals surface area (Å²) in [4.78, 5) is 18.3. The zero-order chi connectivity index (χ0) is 15.8. The van der Waals surface area contributed by atoms with Crippen molar-refractivity contribution in [2.24, 2.45) is 0 Å². The molecule has 0 atom stereocenters. The normalized spacial score (nSPS) is 11.0. The van der Waals surface area contributed by atoms with Gasteiger partial charge in [-0.25, -0.2) is 9.20 Å². The minimum Gasteiger partial charge on any atom is -0.494 e. The molecule has 4 aromatic rings. The molecule has 0 radical (unpaired) electrons. The first-order valence-electron chi connectivity index (χ1n) is 6.86. The monoisotopic (exact) mass is 308 g/mol. The number of rotatable bonds is 3. The maximum atomic E-state index is 11.5. The van der Waals surface area contributed by atoms with Gasteiger partial charge in [0.25, 0.3) is 5.56 Å². The van der Waals surface area contributed by atoms with Crippen LogP contribution in [-0.4, -0.2) is 36.5 Å². The van der Waals surface area contributed by atoms with Crippen LogP contribution in [0.1, 0.15) is 0 Å². The Labute approximate surface area is 130 Å². The van der Waals surface area contributed by atoms with Crippen molar-refractivity contribution >= 4 is 5.65 Å². The number of hydrogen-bond acceptors (Lipinski definition) is 5. The molecule has 0 unspecified atom stereocenters. The van der Waals surface area contributed by atoms with Gasteiger partial charge in [-0.3, -0.25) is 9.78 Å². The quantitative estimate of drug-likeness (QED) is 0.615. The Morgan fingerprint density at radius 1 is 1.17 bits per heavy atom. The van der Waals surface area contributed by atoms with Crippen LogP contribution in [0.4, 0.5) is 0 Å². The lowest BCUT2D eigenvalue weighted by molar-refractivity contribution is 0.414. The van der Waals surface area contributed by atoms with Gasteiger partial charge in [0.15, 0.2) is 5.65 Å². The average molecular weight is 308 g/mol. The third kappa shape index (κ3) is 2.16. The van der Waals surface area contributed by atoms with Crippen LogP contribution in [0.2, 0.25) is 0 Å². The van der Waals surface area contributed by atoms with E-state index in [9.17, 15) is 4.79 Å². The molecule has 0 bridgehead atoms. The highest BCUT2D eigenvalue weighted by Crippen LogP contribution is 2.29.